The van der Waals surface area contributed by atoms with Crippen molar-refractivity contribution in [2.45, 2.75) is 74.7 Å². The molecule has 0 amide bonds. The fourth-order valence-electron chi connectivity index (χ4n) is 7.26. The van der Waals surface area contributed by atoms with E-state index in [1.165, 1.54) is 18.2 Å². The standard InChI is InChI=1S/C36H33F2N5O7S/c1-36(2,44)18-21-3-10-28(31(38)14-21)27-9-4-22(13-29(27)23-5-6-24(19-39)30(37)15-23)20-41-25-7-11-33(41)32(16-25)40-51(49,50)35-12-8-26(42(45)46)17-34(35)43(47)48/h3-6,8-10,12-15,17,25,32-33,40,44H,7,11,16,18,20H2,1-2H3/t25-,32-,33+/m0/s1. The predicted molar refractivity (Wildman–Crippen MR) is 183 cm³/mol. The number of aliphatic hydroxyl groups is 1. The first-order valence-corrected chi connectivity index (χ1v) is 17.6. The fraction of sp³-hybridized carbons (Fsp3) is 0.306. The highest BCUT2D eigenvalue weighted by atomic mass is 32.2. The zero-order valence-electron chi connectivity index (χ0n) is 27.5. The van der Waals surface area contributed by atoms with Crippen molar-refractivity contribution in [2.75, 3.05) is 0 Å². The molecule has 4 aromatic rings. The van der Waals surface area contributed by atoms with Crippen LogP contribution in [-0.2, 0) is 23.0 Å². The highest BCUT2D eigenvalue weighted by Gasteiger charge is 2.48. The number of halogens is 2. The molecule has 0 aliphatic carbocycles. The summed E-state index contributed by atoms with van der Waals surface area (Å²) in [4.78, 5) is 22.5. The first kappa shape index (κ1) is 35.7. The highest BCUT2D eigenvalue weighted by molar-refractivity contribution is 7.89. The Balaban J connectivity index is 1.30. The lowest BCUT2D eigenvalue weighted by molar-refractivity contribution is -0.396. The largest absolute Gasteiger partial charge is 0.390 e. The van der Waals surface area contributed by atoms with E-state index in [2.05, 4.69) is 9.62 Å². The topological polar surface area (TPSA) is 180 Å². The summed E-state index contributed by atoms with van der Waals surface area (Å²) in [5, 5.41) is 42.3. The number of nitrogens with zero attached hydrogens (tertiary/aromatic N) is 4. The van der Waals surface area contributed by atoms with Crippen molar-refractivity contribution < 1.29 is 32.2 Å². The zero-order chi connectivity index (χ0) is 36.8. The Bertz CT molecular complexity index is 2220. The van der Waals surface area contributed by atoms with Crippen LogP contribution in [0.5, 0.6) is 0 Å². The molecule has 2 fully saturated rings. The average Bonchev–Trinajstić information content (AvgIpc) is 3.59. The van der Waals surface area contributed by atoms with Crippen LogP contribution in [0.15, 0.2) is 77.7 Å². The van der Waals surface area contributed by atoms with E-state index in [0.717, 1.165) is 24.1 Å². The molecule has 264 valence electrons. The van der Waals surface area contributed by atoms with Gasteiger partial charge in [-0.05, 0) is 91.3 Å². The van der Waals surface area contributed by atoms with E-state index in [0.29, 0.717) is 47.7 Å². The molecule has 0 saturated carbocycles. The van der Waals surface area contributed by atoms with Crippen LogP contribution >= 0.6 is 0 Å². The molecule has 2 N–H and O–H groups in total. The Morgan fingerprint density at radius 2 is 1.65 bits per heavy atom. The third kappa shape index (κ3) is 7.35. The van der Waals surface area contributed by atoms with Crippen molar-refractivity contribution in [3.63, 3.8) is 0 Å². The van der Waals surface area contributed by atoms with E-state index in [4.69, 9.17) is 0 Å². The lowest BCUT2D eigenvalue weighted by Crippen LogP contribution is -2.43. The minimum Gasteiger partial charge on any atom is -0.390 e. The van der Waals surface area contributed by atoms with Gasteiger partial charge in [0.05, 0.1) is 27.1 Å². The van der Waals surface area contributed by atoms with E-state index < -0.39 is 59.4 Å². The van der Waals surface area contributed by atoms with E-state index >= 15 is 4.39 Å². The van der Waals surface area contributed by atoms with Crippen molar-refractivity contribution in [2.24, 2.45) is 0 Å². The van der Waals surface area contributed by atoms with Crippen LogP contribution in [0.4, 0.5) is 20.2 Å². The molecule has 51 heavy (non-hydrogen) atoms. The summed E-state index contributed by atoms with van der Waals surface area (Å²) in [7, 11) is -4.44. The first-order valence-electron chi connectivity index (χ1n) is 16.1. The maximum absolute atomic E-state index is 15.6. The molecule has 0 spiro atoms. The summed E-state index contributed by atoms with van der Waals surface area (Å²) in [6, 6.07) is 17.6. The Labute approximate surface area is 292 Å². The fourth-order valence-corrected chi connectivity index (χ4v) is 8.70. The lowest BCUT2D eigenvalue weighted by Gasteiger charge is -2.25. The molecule has 2 bridgehead atoms. The second-order valence-electron chi connectivity index (χ2n) is 13.6. The molecule has 2 saturated heterocycles. The second-order valence-corrected chi connectivity index (χ2v) is 15.3. The summed E-state index contributed by atoms with van der Waals surface area (Å²) >= 11 is 0. The van der Waals surface area contributed by atoms with Crippen molar-refractivity contribution in [1.29, 1.82) is 5.26 Å². The van der Waals surface area contributed by atoms with Gasteiger partial charge in [-0.3, -0.25) is 25.1 Å². The van der Waals surface area contributed by atoms with Crippen molar-refractivity contribution in [3.05, 3.63) is 121 Å². The molecule has 6 rings (SSSR count). The van der Waals surface area contributed by atoms with E-state index in [1.54, 1.807) is 44.2 Å². The van der Waals surface area contributed by atoms with Crippen LogP contribution in [0.2, 0.25) is 0 Å². The zero-order valence-corrected chi connectivity index (χ0v) is 28.4. The average molecular weight is 718 g/mol. The van der Waals surface area contributed by atoms with E-state index in [-0.39, 0.29) is 29.6 Å². The molecule has 3 atom stereocenters. The van der Waals surface area contributed by atoms with E-state index in [1.807, 2.05) is 12.1 Å². The highest BCUT2D eigenvalue weighted by Crippen LogP contribution is 2.42. The number of sulfonamides is 1. The molecule has 2 heterocycles. The van der Waals surface area contributed by atoms with Crippen LogP contribution in [0, 0.1) is 43.2 Å². The maximum Gasteiger partial charge on any atom is 0.296 e. The van der Waals surface area contributed by atoms with Crippen molar-refractivity contribution >= 4 is 21.4 Å². The lowest BCUT2D eigenvalue weighted by atomic mass is 9.90. The molecule has 0 unspecified atom stereocenters. The second kappa shape index (κ2) is 13.5. The van der Waals surface area contributed by atoms with Crippen molar-refractivity contribution in [3.8, 4) is 28.3 Å². The molecule has 0 radical (unpaired) electrons. The van der Waals surface area contributed by atoms with Crippen LogP contribution in [0.25, 0.3) is 22.3 Å². The molecular formula is C36H33F2N5O7S. The number of benzene rings is 4. The molecule has 0 aromatic heterocycles. The molecule has 15 heteroatoms. The van der Waals surface area contributed by atoms with Gasteiger partial charge in [-0.15, -0.1) is 0 Å². The number of nitro groups is 2. The quantitative estimate of drug-likeness (QED) is 0.131. The molecule has 4 aromatic carbocycles. The normalized spacial score (nSPS) is 18.9. The van der Waals surface area contributed by atoms with E-state index in [9.17, 15) is 43.4 Å². The summed E-state index contributed by atoms with van der Waals surface area (Å²) in [6.45, 7) is 3.62. The van der Waals surface area contributed by atoms with Gasteiger partial charge in [-0.1, -0.05) is 30.3 Å². The van der Waals surface area contributed by atoms with Gasteiger partial charge >= 0.3 is 0 Å². The number of non-ortho nitro benzene ring substituents is 1. The Morgan fingerprint density at radius 3 is 2.29 bits per heavy atom. The van der Waals surface area contributed by atoms with Gasteiger partial charge in [0.2, 0.25) is 10.0 Å². The van der Waals surface area contributed by atoms with Gasteiger partial charge < -0.3 is 5.11 Å². The Morgan fingerprint density at radius 1 is 0.922 bits per heavy atom. The molecule has 2 aliphatic rings. The Hall–Kier alpha value is -5.14. The SMILES string of the molecule is CC(C)(O)Cc1ccc(-c2ccc(CN3[C@H]4CC[C@@H]3[C@@H](NS(=O)(=O)c3ccc([N+](=O)[O-])cc3[N+](=O)[O-])C4)cc2-c2ccc(C#N)c(F)c2)c(F)c1. The minimum atomic E-state index is -4.44. The number of hydrogen-bond donors (Lipinski definition) is 2. The summed E-state index contributed by atoms with van der Waals surface area (Å²) in [5.74, 6) is -1.26. The summed E-state index contributed by atoms with van der Waals surface area (Å²) in [5.41, 5.74) is 0.373. The van der Waals surface area contributed by atoms with Crippen LogP contribution in [0.3, 0.4) is 0 Å². The smallest absolute Gasteiger partial charge is 0.296 e. The predicted octanol–water partition coefficient (Wildman–Crippen LogP) is 6.38. The third-order valence-corrected chi connectivity index (χ3v) is 11.0. The van der Waals surface area contributed by atoms with Gasteiger partial charge in [0.15, 0.2) is 4.90 Å². The van der Waals surface area contributed by atoms with Crippen LogP contribution in [0.1, 0.15) is 49.8 Å². The first-order chi connectivity index (χ1) is 24.0. The molecular weight excluding hydrogens is 684 g/mol. The number of hydrogen-bond acceptors (Lipinski definition) is 9. The third-order valence-electron chi connectivity index (χ3n) is 9.44. The maximum atomic E-state index is 15.6. The number of nitrogens with one attached hydrogen (secondary N) is 1. The monoisotopic (exact) mass is 717 g/mol. The molecule has 12 nitrogen and oxygen atoms in total. The summed E-state index contributed by atoms with van der Waals surface area (Å²) in [6.07, 6.45) is 2.10. The molecule has 2 aliphatic heterocycles. The Kier molecular flexibility index (Phi) is 9.47. The van der Waals surface area contributed by atoms with Gasteiger partial charge in [0.1, 0.15) is 17.7 Å². The number of rotatable bonds is 11. The van der Waals surface area contributed by atoms with Crippen molar-refractivity contribution in [1.82, 2.24) is 9.62 Å². The summed E-state index contributed by atoms with van der Waals surface area (Å²) < 4.78 is 59.9. The van der Waals surface area contributed by atoms with Gasteiger partial charge in [-0.2, -0.15) is 5.26 Å². The van der Waals surface area contributed by atoms with Gasteiger partial charge in [0.25, 0.3) is 11.4 Å². The number of fused-ring (bicyclic) bond motifs is 2. The number of nitro benzene ring substituents is 2. The van der Waals surface area contributed by atoms with Crippen LogP contribution < -0.4 is 4.72 Å². The van der Waals surface area contributed by atoms with Crippen LogP contribution in [-0.4, -0.2) is 52.0 Å². The van der Waals surface area contributed by atoms with Gasteiger partial charge in [0, 0.05) is 42.7 Å². The number of nitriles is 1. The minimum absolute atomic E-state index is 0.0224. The van der Waals surface area contributed by atoms with Gasteiger partial charge in [-0.25, -0.2) is 21.9 Å².